The molecule has 0 unspecified atom stereocenters. The second kappa shape index (κ2) is 51.6. The summed E-state index contributed by atoms with van der Waals surface area (Å²) in [6.07, 6.45) is 65.0. The van der Waals surface area contributed by atoms with E-state index in [4.69, 9.17) is 18.9 Å². The van der Waals surface area contributed by atoms with E-state index in [9.17, 15) is 4.79 Å². The number of ether oxygens (including phenoxy) is 4. The molecule has 0 amide bonds. The maximum atomic E-state index is 12.8. The van der Waals surface area contributed by atoms with Crippen molar-refractivity contribution in [3.8, 4) is 17.2 Å². The summed E-state index contributed by atoms with van der Waals surface area (Å²) in [6, 6.07) is 4.07. The summed E-state index contributed by atoms with van der Waals surface area (Å²) >= 11 is 0. The van der Waals surface area contributed by atoms with Crippen LogP contribution >= 0.6 is 0 Å². The van der Waals surface area contributed by atoms with Crippen molar-refractivity contribution in [3.05, 3.63) is 17.7 Å². The van der Waals surface area contributed by atoms with Gasteiger partial charge in [-0.25, -0.2) is 0 Å². The van der Waals surface area contributed by atoms with Crippen molar-refractivity contribution in [2.75, 3.05) is 19.8 Å². The van der Waals surface area contributed by atoms with E-state index in [2.05, 4.69) is 20.8 Å². The zero-order chi connectivity index (χ0) is 51.4. The van der Waals surface area contributed by atoms with Gasteiger partial charge in [-0.05, 0) is 57.7 Å². The Hall–Kier alpha value is -1.91. The van der Waals surface area contributed by atoms with Gasteiger partial charge in [0.2, 0.25) is 5.75 Å². The Bertz CT molecular complexity index is 1190. The zero-order valence-corrected chi connectivity index (χ0v) is 49.0. The fourth-order valence-electron chi connectivity index (χ4n) is 9.93. The van der Waals surface area contributed by atoms with Crippen molar-refractivity contribution in [2.45, 2.75) is 356 Å². The van der Waals surface area contributed by atoms with Gasteiger partial charge >= 0.3 is 5.97 Å². The molecular formula is C66H124O5. The minimum atomic E-state index is -0.560. The third-order valence-electron chi connectivity index (χ3n) is 14.8. The van der Waals surface area contributed by atoms with Gasteiger partial charge in [0.15, 0.2) is 11.5 Å². The van der Waals surface area contributed by atoms with Gasteiger partial charge in [-0.15, -0.1) is 0 Å². The molecule has 0 aliphatic rings. The third kappa shape index (κ3) is 44.1. The molecule has 0 saturated heterocycles. The molecular weight excluding hydrogens is 873 g/mol. The normalized spacial score (nSPS) is 11.7. The molecule has 0 aliphatic heterocycles. The predicted molar refractivity (Wildman–Crippen MR) is 311 cm³/mol. The summed E-state index contributed by atoms with van der Waals surface area (Å²) in [5.74, 6) is 1.99. The number of benzene rings is 1. The molecule has 0 heterocycles. The summed E-state index contributed by atoms with van der Waals surface area (Å²) in [4.78, 5) is 12.8. The Kier molecular flexibility index (Phi) is 48.7. The van der Waals surface area contributed by atoms with Crippen LogP contribution in [0.5, 0.6) is 17.2 Å². The van der Waals surface area contributed by atoms with Crippen molar-refractivity contribution >= 4 is 5.97 Å². The minimum absolute atomic E-state index is 0.195. The largest absolute Gasteiger partial charge is 0.490 e. The van der Waals surface area contributed by atoms with E-state index in [0.717, 1.165) is 42.1 Å². The van der Waals surface area contributed by atoms with Crippen LogP contribution in [0.3, 0.4) is 0 Å². The van der Waals surface area contributed by atoms with E-state index < -0.39 is 5.41 Å². The van der Waals surface area contributed by atoms with Gasteiger partial charge in [-0.2, -0.15) is 0 Å². The van der Waals surface area contributed by atoms with Gasteiger partial charge in [0.1, 0.15) is 6.61 Å². The number of esters is 1. The molecule has 0 radical (unpaired) electrons. The molecule has 0 spiro atoms. The molecule has 0 fully saturated rings. The lowest BCUT2D eigenvalue weighted by Crippen LogP contribution is -2.22. The Morgan fingerprint density at radius 1 is 0.324 bits per heavy atom. The number of hydrogen-bond acceptors (Lipinski definition) is 5. The van der Waals surface area contributed by atoms with Crippen molar-refractivity contribution in [3.63, 3.8) is 0 Å². The average Bonchev–Trinajstić information content (AvgIpc) is 3.36. The molecule has 0 saturated carbocycles. The molecule has 1 aromatic rings. The molecule has 0 aromatic heterocycles. The molecule has 0 N–H and O–H groups in total. The van der Waals surface area contributed by atoms with Gasteiger partial charge in [0, 0.05) is 0 Å². The SMILES string of the molecule is CCCCCCCCCCCCCCCCCCOc1cc(COC(=O)C(C)(C)C)cc(OCCCCCCCCCCCCCCCCCC)c1OCCCCCCCCCCCCCCCCCC. The minimum Gasteiger partial charge on any atom is -0.490 e. The fourth-order valence-corrected chi connectivity index (χ4v) is 9.93. The zero-order valence-electron chi connectivity index (χ0n) is 49.0. The van der Waals surface area contributed by atoms with Crippen LogP contribution in [-0.2, 0) is 16.1 Å². The topological polar surface area (TPSA) is 54.0 Å². The Balaban J connectivity index is 2.66. The lowest BCUT2D eigenvalue weighted by molar-refractivity contribution is -0.154. The molecule has 418 valence electrons. The highest BCUT2D eigenvalue weighted by atomic mass is 16.5. The average molecular weight is 998 g/mol. The molecule has 0 aliphatic carbocycles. The second-order valence-electron chi connectivity index (χ2n) is 23.2. The molecule has 0 atom stereocenters. The van der Waals surface area contributed by atoms with Crippen LogP contribution in [-0.4, -0.2) is 25.8 Å². The summed E-state index contributed by atoms with van der Waals surface area (Å²) in [6.45, 7) is 14.8. The van der Waals surface area contributed by atoms with Crippen molar-refractivity contribution in [2.24, 2.45) is 5.41 Å². The molecule has 0 bridgehead atoms. The van der Waals surface area contributed by atoms with E-state index in [1.54, 1.807) is 0 Å². The lowest BCUT2D eigenvalue weighted by atomic mass is 9.97. The smallest absolute Gasteiger partial charge is 0.311 e. The lowest BCUT2D eigenvalue weighted by Gasteiger charge is -2.20. The van der Waals surface area contributed by atoms with Crippen molar-refractivity contribution in [1.29, 1.82) is 0 Å². The molecule has 71 heavy (non-hydrogen) atoms. The van der Waals surface area contributed by atoms with Gasteiger partial charge in [-0.1, -0.05) is 310 Å². The third-order valence-corrected chi connectivity index (χ3v) is 14.8. The van der Waals surface area contributed by atoms with Crippen LogP contribution in [0.25, 0.3) is 0 Å². The molecule has 1 rings (SSSR count). The summed E-state index contributed by atoms with van der Waals surface area (Å²) in [5, 5.41) is 0. The van der Waals surface area contributed by atoms with E-state index >= 15 is 0 Å². The van der Waals surface area contributed by atoms with E-state index in [-0.39, 0.29) is 12.6 Å². The molecule has 1 aromatic carbocycles. The van der Waals surface area contributed by atoms with Gasteiger partial charge in [0.25, 0.3) is 0 Å². The Morgan fingerprint density at radius 2 is 0.535 bits per heavy atom. The van der Waals surface area contributed by atoms with Crippen LogP contribution in [0.15, 0.2) is 12.1 Å². The molecule has 5 nitrogen and oxygen atoms in total. The van der Waals surface area contributed by atoms with E-state index in [1.807, 2.05) is 32.9 Å². The number of hydrogen-bond donors (Lipinski definition) is 0. The maximum Gasteiger partial charge on any atom is 0.311 e. The quantitative estimate of drug-likeness (QED) is 0.0481. The van der Waals surface area contributed by atoms with E-state index in [0.29, 0.717) is 19.8 Å². The first-order valence-electron chi connectivity index (χ1n) is 32.1. The first kappa shape index (κ1) is 67.1. The van der Waals surface area contributed by atoms with Crippen molar-refractivity contribution in [1.82, 2.24) is 0 Å². The standard InChI is InChI=1S/C66H124O5/c1-7-10-13-16-19-22-25-28-31-34-37-40-43-46-49-52-55-68-62-58-61(60-71-65(67)66(4,5)6)59-63(69-56-53-50-47-44-41-38-35-32-29-26-23-20-17-14-11-8-2)64(62)70-57-54-51-48-45-42-39-36-33-30-27-24-21-18-15-12-9-3/h58-59H,7-57,60H2,1-6H3. The highest BCUT2D eigenvalue weighted by molar-refractivity contribution is 5.75. The highest BCUT2D eigenvalue weighted by Crippen LogP contribution is 2.40. The first-order chi connectivity index (χ1) is 34.8. The van der Waals surface area contributed by atoms with Crippen LogP contribution in [0.2, 0.25) is 0 Å². The summed E-state index contributed by atoms with van der Waals surface area (Å²) in [7, 11) is 0. The number of carbonyl (C=O) groups excluding carboxylic acids is 1. The Morgan fingerprint density at radius 3 is 0.761 bits per heavy atom. The second-order valence-corrected chi connectivity index (χ2v) is 23.2. The monoisotopic (exact) mass is 997 g/mol. The van der Waals surface area contributed by atoms with Crippen LogP contribution in [0, 0.1) is 5.41 Å². The first-order valence-corrected chi connectivity index (χ1v) is 32.1. The van der Waals surface area contributed by atoms with Gasteiger partial charge in [0.05, 0.1) is 25.2 Å². The summed E-state index contributed by atoms with van der Waals surface area (Å²) < 4.78 is 25.6. The number of unbranched alkanes of at least 4 members (excludes halogenated alkanes) is 45. The number of rotatable bonds is 56. The number of carbonyl (C=O) groups is 1. The van der Waals surface area contributed by atoms with Crippen LogP contribution < -0.4 is 14.2 Å². The fraction of sp³-hybridized carbons (Fsp3) is 0.894. The van der Waals surface area contributed by atoms with Crippen LogP contribution in [0.4, 0.5) is 0 Å². The van der Waals surface area contributed by atoms with Crippen LogP contribution in [0.1, 0.15) is 355 Å². The predicted octanol–water partition coefficient (Wildman–Crippen LogP) is 22.7. The highest BCUT2D eigenvalue weighted by Gasteiger charge is 2.24. The van der Waals surface area contributed by atoms with Crippen molar-refractivity contribution < 1.29 is 23.7 Å². The maximum absolute atomic E-state index is 12.8. The molecule has 5 heteroatoms. The van der Waals surface area contributed by atoms with E-state index in [1.165, 1.54) is 289 Å². The van der Waals surface area contributed by atoms with Gasteiger partial charge in [-0.3, -0.25) is 4.79 Å². The van der Waals surface area contributed by atoms with Gasteiger partial charge < -0.3 is 18.9 Å². The summed E-state index contributed by atoms with van der Waals surface area (Å²) in [5.41, 5.74) is 0.330. The Labute approximate surface area is 444 Å².